The highest BCUT2D eigenvalue weighted by Gasteiger charge is 2.35. The lowest BCUT2D eigenvalue weighted by atomic mass is 9.94. The van der Waals surface area contributed by atoms with E-state index in [1.165, 1.54) is 12.0 Å². The summed E-state index contributed by atoms with van der Waals surface area (Å²) < 4.78 is 21.9. The van der Waals surface area contributed by atoms with Crippen LogP contribution in [-0.2, 0) is 27.3 Å². The number of methoxy groups -OCH3 is 1. The number of esters is 2. The van der Waals surface area contributed by atoms with Gasteiger partial charge in [0.15, 0.2) is 5.75 Å². The SMILES string of the molecule is CCOC(=O)c1ccc(N(CC)C(=O)Oc2c(CC=C(C)CCC(=O)O)c(OC)c(C)c3c2C(=O)OC3)cc1. The van der Waals surface area contributed by atoms with E-state index in [1.54, 1.807) is 45.0 Å². The van der Waals surface area contributed by atoms with Crippen LogP contribution in [0.2, 0.25) is 0 Å². The summed E-state index contributed by atoms with van der Waals surface area (Å²) >= 11 is 0. The van der Waals surface area contributed by atoms with Crippen molar-refractivity contribution in [2.24, 2.45) is 0 Å². The Morgan fingerprint density at radius 1 is 1.10 bits per heavy atom. The van der Waals surface area contributed by atoms with Crippen LogP contribution in [0.5, 0.6) is 11.5 Å². The van der Waals surface area contributed by atoms with Crippen LogP contribution < -0.4 is 14.4 Å². The lowest BCUT2D eigenvalue weighted by Gasteiger charge is -2.23. The molecule has 10 nitrogen and oxygen atoms in total. The van der Waals surface area contributed by atoms with Crippen molar-refractivity contribution in [3.05, 3.63) is 63.7 Å². The van der Waals surface area contributed by atoms with E-state index >= 15 is 0 Å². The first-order valence-corrected chi connectivity index (χ1v) is 12.7. The topological polar surface area (TPSA) is 129 Å². The summed E-state index contributed by atoms with van der Waals surface area (Å²) in [6.07, 6.45) is 1.66. The number of anilines is 1. The number of carboxylic acids is 1. The second kappa shape index (κ2) is 12.9. The molecule has 39 heavy (non-hydrogen) atoms. The van der Waals surface area contributed by atoms with Crippen molar-refractivity contribution in [1.29, 1.82) is 0 Å². The summed E-state index contributed by atoms with van der Waals surface area (Å²) in [4.78, 5) is 50.6. The van der Waals surface area contributed by atoms with E-state index in [4.69, 9.17) is 24.1 Å². The van der Waals surface area contributed by atoms with Crippen molar-refractivity contribution in [2.75, 3.05) is 25.2 Å². The Morgan fingerprint density at radius 3 is 2.38 bits per heavy atom. The molecule has 1 N–H and O–H groups in total. The summed E-state index contributed by atoms with van der Waals surface area (Å²) in [5, 5.41) is 9.00. The van der Waals surface area contributed by atoms with Crippen molar-refractivity contribution >= 4 is 29.7 Å². The number of cyclic esters (lactones) is 1. The Bertz CT molecular complexity index is 1300. The maximum atomic E-state index is 13.5. The molecule has 2 aromatic rings. The molecular formula is C29H33NO9. The molecule has 0 saturated heterocycles. The number of allylic oxidation sites excluding steroid dienone is 2. The molecule has 0 aliphatic carbocycles. The molecule has 0 atom stereocenters. The molecule has 0 bridgehead atoms. The Balaban J connectivity index is 2.00. The summed E-state index contributed by atoms with van der Waals surface area (Å²) in [6.45, 7) is 7.63. The maximum Gasteiger partial charge on any atom is 0.419 e. The zero-order valence-electron chi connectivity index (χ0n) is 22.8. The van der Waals surface area contributed by atoms with Gasteiger partial charge in [-0.05, 0) is 70.4 Å². The number of carbonyl (C=O) groups is 4. The maximum absolute atomic E-state index is 13.5. The lowest BCUT2D eigenvalue weighted by Crippen LogP contribution is -2.34. The minimum Gasteiger partial charge on any atom is -0.496 e. The van der Waals surface area contributed by atoms with Gasteiger partial charge in [-0.3, -0.25) is 9.69 Å². The van der Waals surface area contributed by atoms with Crippen LogP contribution >= 0.6 is 0 Å². The van der Waals surface area contributed by atoms with Gasteiger partial charge in [-0.1, -0.05) is 11.6 Å². The number of hydrogen-bond acceptors (Lipinski definition) is 8. The summed E-state index contributed by atoms with van der Waals surface area (Å²) in [7, 11) is 1.49. The van der Waals surface area contributed by atoms with Gasteiger partial charge in [-0.25, -0.2) is 14.4 Å². The second-order valence-corrected chi connectivity index (χ2v) is 8.92. The smallest absolute Gasteiger partial charge is 0.419 e. The molecule has 0 radical (unpaired) electrons. The zero-order chi connectivity index (χ0) is 28.7. The largest absolute Gasteiger partial charge is 0.496 e. The minimum absolute atomic E-state index is 0.0166. The molecule has 0 unspecified atom stereocenters. The second-order valence-electron chi connectivity index (χ2n) is 8.92. The molecule has 0 fully saturated rings. The molecule has 3 rings (SSSR count). The van der Waals surface area contributed by atoms with Crippen molar-refractivity contribution in [3.63, 3.8) is 0 Å². The standard InChI is InChI=1S/C29H33NO9/c1-6-30(20-12-10-19(11-13-20)27(33)37-7-2)29(35)39-26-21(14-8-17(3)9-15-23(31)32)25(36-5)18(4)22-16-38-28(34)24(22)26/h8,10-13H,6-7,9,14-16H2,1-5H3,(H,31,32). The van der Waals surface area contributed by atoms with Gasteiger partial charge in [0.25, 0.3) is 0 Å². The average molecular weight is 540 g/mol. The van der Waals surface area contributed by atoms with E-state index in [0.717, 1.165) is 5.57 Å². The lowest BCUT2D eigenvalue weighted by molar-refractivity contribution is -0.136. The normalized spacial score (nSPS) is 12.4. The monoisotopic (exact) mass is 539 g/mol. The number of amides is 1. The quantitative estimate of drug-likeness (QED) is 0.301. The fourth-order valence-corrected chi connectivity index (χ4v) is 4.36. The molecule has 1 heterocycles. The van der Waals surface area contributed by atoms with Gasteiger partial charge in [0.05, 0.1) is 19.3 Å². The highest BCUT2D eigenvalue weighted by atomic mass is 16.6. The van der Waals surface area contributed by atoms with Gasteiger partial charge in [0.1, 0.15) is 17.9 Å². The number of rotatable bonds is 11. The predicted molar refractivity (Wildman–Crippen MR) is 143 cm³/mol. The molecule has 1 amide bonds. The summed E-state index contributed by atoms with van der Waals surface area (Å²) in [5.74, 6) is -1.47. The van der Waals surface area contributed by atoms with Gasteiger partial charge < -0.3 is 24.1 Å². The number of benzene rings is 2. The van der Waals surface area contributed by atoms with Crippen LogP contribution in [0.1, 0.15) is 71.0 Å². The molecule has 1 aliphatic heterocycles. The predicted octanol–water partition coefficient (Wildman–Crippen LogP) is 5.23. The highest BCUT2D eigenvalue weighted by Crippen LogP contribution is 2.43. The zero-order valence-corrected chi connectivity index (χ0v) is 22.8. The molecule has 10 heteroatoms. The van der Waals surface area contributed by atoms with Gasteiger partial charge in [-0.2, -0.15) is 0 Å². The number of fused-ring (bicyclic) bond motifs is 1. The van der Waals surface area contributed by atoms with Crippen molar-refractivity contribution in [3.8, 4) is 11.5 Å². The molecule has 1 aliphatic rings. The highest BCUT2D eigenvalue weighted by molar-refractivity contribution is 6.00. The number of ether oxygens (including phenoxy) is 4. The van der Waals surface area contributed by atoms with Crippen molar-refractivity contribution < 1.29 is 43.2 Å². The van der Waals surface area contributed by atoms with Crippen LogP contribution in [0.25, 0.3) is 0 Å². The first kappa shape index (κ1) is 29.2. The van der Waals surface area contributed by atoms with Crippen molar-refractivity contribution in [2.45, 2.75) is 53.6 Å². The summed E-state index contributed by atoms with van der Waals surface area (Å²) in [6, 6.07) is 6.34. The molecular weight excluding hydrogens is 506 g/mol. The minimum atomic E-state index is -0.902. The van der Waals surface area contributed by atoms with Crippen molar-refractivity contribution in [1.82, 2.24) is 0 Å². The number of carbonyl (C=O) groups excluding carboxylic acids is 3. The number of hydrogen-bond donors (Lipinski definition) is 1. The molecule has 0 aromatic heterocycles. The molecule has 2 aromatic carbocycles. The van der Waals surface area contributed by atoms with E-state index in [2.05, 4.69) is 0 Å². The molecule has 0 spiro atoms. The number of aliphatic carboxylic acids is 1. The van der Waals surface area contributed by atoms with E-state index in [0.29, 0.717) is 40.1 Å². The van der Waals surface area contributed by atoms with Gasteiger partial charge in [0.2, 0.25) is 0 Å². The third-order valence-corrected chi connectivity index (χ3v) is 6.43. The van der Waals surface area contributed by atoms with Crippen LogP contribution in [0.3, 0.4) is 0 Å². The van der Waals surface area contributed by atoms with Crippen LogP contribution in [0, 0.1) is 6.92 Å². The fourth-order valence-electron chi connectivity index (χ4n) is 4.36. The van der Waals surface area contributed by atoms with Crippen LogP contribution in [0.15, 0.2) is 35.9 Å². The Hall–Kier alpha value is -4.34. The van der Waals surface area contributed by atoms with Crippen LogP contribution in [0.4, 0.5) is 10.5 Å². The Morgan fingerprint density at radius 2 is 1.79 bits per heavy atom. The first-order valence-electron chi connectivity index (χ1n) is 12.7. The van der Waals surface area contributed by atoms with Gasteiger partial charge in [-0.15, -0.1) is 0 Å². The third kappa shape index (κ3) is 6.57. The van der Waals surface area contributed by atoms with E-state index in [-0.39, 0.29) is 43.9 Å². The fraction of sp³-hybridized carbons (Fsp3) is 0.379. The van der Waals surface area contributed by atoms with E-state index < -0.39 is 24.0 Å². The number of carboxylic acid groups (broad SMARTS) is 1. The van der Waals surface area contributed by atoms with Gasteiger partial charge in [0, 0.05) is 29.8 Å². The van der Waals surface area contributed by atoms with E-state index in [9.17, 15) is 19.2 Å². The van der Waals surface area contributed by atoms with E-state index in [1.807, 2.05) is 13.0 Å². The summed E-state index contributed by atoms with van der Waals surface area (Å²) in [5.41, 5.74) is 3.59. The average Bonchev–Trinajstić information content (AvgIpc) is 3.30. The molecule has 0 saturated carbocycles. The Kier molecular flexibility index (Phi) is 9.70. The first-order chi connectivity index (χ1) is 18.6. The number of nitrogens with zero attached hydrogens (tertiary/aromatic N) is 1. The Labute approximate surface area is 227 Å². The van der Waals surface area contributed by atoms with Crippen LogP contribution in [-0.4, -0.2) is 49.4 Å². The third-order valence-electron chi connectivity index (χ3n) is 6.43. The molecule has 208 valence electrons. The van der Waals surface area contributed by atoms with Gasteiger partial charge >= 0.3 is 24.0 Å².